The monoisotopic (exact) mass is 585 g/mol. The number of rotatable bonds is 6. The highest BCUT2D eigenvalue weighted by molar-refractivity contribution is 6.24. The van der Waals surface area contributed by atoms with Gasteiger partial charge in [-0.2, -0.15) is 0 Å². The molecule has 2 unspecified atom stereocenters. The molecule has 3 aliphatic rings. The van der Waals surface area contributed by atoms with Crippen LogP contribution >= 0.6 is 0 Å². The van der Waals surface area contributed by atoms with E-state index in [2.05, 4.69) is 10.6 Å². The van der Waals surface area contributed by atoms with Gasteiger partial charge in [0.05, 0.1) is 23.8 Å². The minimum atomic E-state index is -2.73. The van der Waals surface area contributed by atoms with Crippen molar-refractivity contribution in [1.29, 1.82) is 0 Å². The van der Waals surface area contributed by atoms with Crippen molar-refractivity contribution >= 4 is 40.5 Å². The summed E-state index contributed by atoms with van der Waals surface area (Å²) in [6.07, 6.45) is 0.117. The van der Waals surface area contributed by atoms with Gasteiger partial charge in [0, 0.05) is 36.8 Å². The second-order valence-corrected chi connectivity index (χ2v) is 12.7. The van der Waals surface area contributed by atoms with E-state index in [0.29, 0.717) is 11.3 Å². The number of Topliss-reactive ketones (excluding diaryl/α,β-unsaturated/α-hetero) is 2. The van der Waals surface area contributed by atoms with Crippen LogP contribution < -0.4 is 21.3 Å². The van der Waals surface area contributed by atoms with Gasteiger partial charge in [0.25, 0.3) is 5.91 Å². The van der Waals surface area contributed by atoms with E-state index in [9.17, 15) is 39.6 Å². The van der Waals surface area contributed by atoms with Crippen LogP contribution in [0.4, 0.5) is 11.4 Å². The number of likely N-dealkylation sites (N-methyl/N-ethyl adjacent to an activating group) is 1. The number of aliphatic hydroxyl groups is 3. The molecule has 4 atom stereocenters. The average Bonchev–Trinajstić information content (AvgIpc) is 2.85. The Morgan fingerprint density at radius 1 is 1.12 bits per heavy atom. The zero-order valence-corrected chi connectivity index (χ0v) is 24.8. The van der Waals surface area contributed by atoms with Crippen LogP contribution in [0.5, 0.6) is 5.75 Å². The number of carbonyl (C=O) groups is 4. The maximum Gasteiger partial charge on any atom is 0.255 e. The predicted octanol–water partition coefficient (Wildman–Crippen LogP) is 0.357. The van der Waals surface area contributed by atoms with Crippen LogP contribution in [-0.4, -0.2) is 101 Å². The first-order valence-electron chi connectivity index (χ1n) is 13.6. The lowest BCUT2D eigenvalue weighted by Gasteiger charge is -2.50. The number of fused-ring (bicyclic) bond motifs is 3. The maximum absolute atomic E-state index is 14.0. The fraction of sp³-hybridized carbons (Fsp3) is 0.517. The summed E-state index contributed by atoms with van der Waals surface area (Å²) in [6.45, 7) is 5.62. The van der Waals surface area contributed by atoms with Crippen molar-refractivity contribution in [1.82, 2.24) is 10.2 Å². The van der Waals surface area contributed by atoms with E-state index in [1.165, 1.54) is 4.90 Å². The Morgan fingerprint density at radius 2 is 1.74 bits per heavy atom. The summed E-state index contributed by atoms with van der Waals surface area (Å²) in [5.41, 5.74) is 2.11. The Labute approximate surface area is 243 Å². The number of ketones is 2. The first-order valence-corrected chi connectivity index (χ1v) is 13.6. The highest BCUT2D eigenvalue weighted by atomic mass is 16.3. The standard InChI is InChI=1S/C29H39N5O8/c1-28(2,3)31-11-17(35)32-15-10-16(33(4)5)13-8-12-9-14-21(34(6)7)24(38)20(27(30)41)26(40)29(14,42)25(39)18(12)23(37)19(13)22(15)36/h10,12,14,21,31,36-37,40,42H,8-9,11H2,1-7H3,(H2,30,41)(H,32,35)/t12?,14?,21-,29+/m1/s1. The largest absolute Gasteiger partial charge is 0.508 e. The van der Waals surface area contributed by atoms with Crippen molar-refractivity contribution in [3.63, 3.8) is 0 Å². The van der Waals surface area contributed by atoms with Crippen LogP contribution in [0, 0.1) is 11.8 Å². The van der Waals surface area contributed by atoms with Gasteiger partial charge in [-0.25, -0.2) is 0 Å². The van der Waals surface area contributed by atoms with Crippen LogP contribution in [0.25, 0.3) is 5.76 Å². The minimum absolute atomic E-state index is 0.00158. The van der Waals surface area contributed by atoms with Crippen molar-refractivity contribution in [3.8, 4) is 5.75 Å². The lowest BCUT2D eigenvalue weighted by molar-refractivity contribution is -0.153. The minimum Gasteiger partial charge on any atom is -0.508 e. The molecule has 0 heterocycles. The Morgan fingerprint density at radius 3 is 2.26 bits per heavy atom. The van der Waals surface area contributed by atoms with E-state index in [4.69, 9.17) is 5.73 Å². The average molecular weight is 586 g/mol. The number of phenols is 1. The highest BCUT2D eigenvalue weighted by Crippen LogP contribution is 2.54. The zero-order chi connectivity index (χ0) is 31.6. The van der Waals surface area contributed by atoms with Gasteiger partial charge in [-0.05, 0) is 65.3 Å². The third-order valence-electron chi connectivity index (χ3n) is 8.23. The van der Waals surface area contributed by atoms with Crippen molar-refractivity contribution in [3.05, 3.63) is 34.1 Å². The summed E-state index contributed by atoms with van der Waals surface area (Å²) in [4.78, 5) is 55.3. The van der Waals surface area contributed by atoms with Gasteiger partial charge in [-0.15, -0.1) is 0 Å². The summed E-state index contributed by atoms with van der Waals surface area (Å²) in [5, 5.41) is 51.3. The molecule has 42 heavy (non-hydrogen) atoms. The van der Waals surface area contributed by atoms with E-state index in [0.717, 1.165) is 0 Å². The van der Waals surface area contributed by atoms with Crippen LogP contribution in [0.1, 0.15) is 38.3 Å². The maximum atomic E-state index is 14.0. The zero-order valence-electron chi connectivity index (χ0n) is 24.8. The van der Waals surface area contributed by atoms with Gasteiger partial charge in [0.15, 0.2) is 11.4 Å². The van der Waals surface area contributed by atoms with E-state index in [1.807, 2.05) is 20.8 Å². The van der Waals surface area contributed by atoms with Crippen LogP contribution in [0.15, 0.2) is 23.0 Å². The number of benzene rings is 1. The molecule has 228 valence electrons. The SMILES string of the molecule is CN(C)c1cc(NC(=O)CNC(C)(C)C)c(O)c2c1CC1CC3[C@@H](N(C)C)C(=O)C(C(N)=O)=C(O)[C@@]3(O)C(=O)C1=C2O. The Bertz CT molecular complexity index is 1450. The molecule has 0 saturated heterocycles. The van der Waals surface area contributed by atoms with Crippen molar-refractivity contribution in [2.24, 2.45) is 17.6 Å². The molecule has 13 heteroatoms. The molecule has 1 fully saturated rings. The number of aromatic hydroxyl groups is 1. The molecule has 1 aromatic carbocycles. The molecule has 1 saturated carbocycles. The van der Waals surface area contributed by atoms with Crippen LogP contribution in [0.2, 0.25) is 0 Å². The van der Waals surface area contributed by atoms with Crippen molar-refractivity contribution in [2.45, 2.75) is 50.8 Å². The van der Waals surface area contributed by atoms with E-state index >= 15 is 0 Å². The first-order chi connectivity index (χ1) is 19.3. The molecule has 0 spiro atoms. The smallest absolute Gasteiger partial charge is 0.255 e. The lowest BCUT2D eigenvalue weighted by atomic mass is 9.57. The van der Waals surface area contributed by atoms with Gasteiger partial charge in [0.1, 0.15) is 22.8 Å². The molecular formula is C29H39N5O8. The number of primary amides is 1. The van der Waals surface area contributed by atoms with Gasteiger partial charge in [-0.3, -0.25) is 24.1 Å². The molecule has 0 aliphatic heterocycles. The summed E-state index contributed by atoms with van der Waals surface area (Å²) >= 11 is 0. The molecule has 2 amide bonds. The van der Waals surface area contributed by atoms with Crippen LogP contribution in [-0.2, 0) is 25.6 Å². The normalized spacial score (nSPS) is 25.7. The second kappa shape index (κ2) is 10.4. The molecule has 13 nitrogen and oxygen atoms in total. The molecule has 3 aliphatic carbocycles. The Hall–Kier alpha value is -3.94. The fourth-order valence-corrected chi connectivity index (χ4v) is 6.33. The number of phenolic OH excluding ortho intramolecular Hbond substituents is 1. The Kier molecular flexibility index (Phi) is 7.68. The first kappa shape index (κ1) is 31.0. The van der Waals surface area contributed by atoms with Gasteiger partial charge in [-0.1, -0.05) is 0 Å². The number of carbonyl (C=O) groups excluding carboxylic acids is 4. The van der Waals surface area contributed by atoms with E-state index < -0.39 is 69.7 Å². The second-order valence-electron chi connectivity index (χ2n) is 12.7. The third kappa shape index (κ3) is 4.80. The van der Waals surface area contributed by atoms with Crippen molar-refractivity contribution in [2.75, 3.05) is 45.0 Å². The third-order valence-corrected chi connectivity index (χ3v) is 8.23. The molecule has 1 aromatic rings. The van der Waals surface area contributed by atoms with Crippen molar-refractivity contribution < 1.29 is 39.6 Å². The van der Waals surface area contributed by atoms with Gasteiger partial charge >= 0.3 is 0 Å². The number of nitrogens with zero attached hydrogens (tertiary/aromatic N) is 2. The molecule has 8 N–H and O–H groups in total. The molecule has 4 rings (SSSR count). The number of nitrogens with one attached hydrogen (secondary N) is 2. The molecular weight excluding hydrogens is 546 g/mol. The fourth-order valence-electron chi connectivity index (χ4n) is 6.33. The summed E-state index contributed by atoms with van der Waals surface area (Å²) in [6, 6.07) is 0.409. The number of hydrogen-bond acceptors (Lipinski definition) is 11. The summed E-state index contributed by atoms with van der Waals surface area (Å²) in [5.74, 6) is -7.79. The number of amides is 2. The molecule has 0 radical (unpaired) electrons. The number of hydrogen-bond donors (Lipinski definition) is 7. The number of aliphatic hydroxyl groups excluding tert-OH is 2. The quantitative estimate of drug-likeness (QED) is 0.179. The van der Waals surface area contributed by atoms with E-state index in [1.54, 1.807) is 39.2 Å². The lowest BCUT2D eigenvalue weighted by Crippen LogP contribution is -2.65. The molecule has 0 bridgehead atoms. The number of nitrogens with two attached hydrogens (primary N) is 1. The predicted molar refractivity (Wildman–Crippen MR) is 155 cm³/mol. The van der Waals surface area contributed by atoms with Crippen LogP contribution in [0.3, 0.4) is 0 Å². The van der Waals surface area contributed by atoms with Gasteiger partial charge in [0.2, 0.25) is 11.7 Å². The van der Waals surface area contributed by atoms with Gasteiger partial charge < -0.3 is 41.7 Å². The summed E-state index contributed by atoms with van der Waals surface area (Å²) < 4.78 is 0. The highest BCUT2D eigenvalue weighted by Gasteiger charge is 2.64. The topological polar surface area (TPSA) is 206 Å². The number of anilines is 2. The molecule has 0 aromatic heterocycles. The van der Waals surface area contributed by atoms with E-state index in [-0.39, 0.29) is 41.7 Å². The summed E-state index contributed by atoms with van der Waals surface area (Å²) in [7, 11) is 6.58. The Balaban J connectivity index is 1.89.